The zero-order valence-electron chi connectivity index (χ0n) is 11.1. The minimum absolute atomic E-state index is 0.608. The lowest BCUT2D eigenvalue weighted by Gasteiger charge is -2.12. The van der Waals surface area contributed by atoms with Crippen LogP contribution in [0.15, 0.2) is 18.2 Å². The van der Waals surface area contributed by atoms with Crippen LogP contribution in [0.25, 0.3) is 10.9 Å². The molecule has 2 N–H and O–H groups in total. The number of benzene rings is 1. The maximum absolute atomic E-state index is 6.28. The van der Waals surface area contributed by atoms with Gasteiger partial charge in [-0.15, -0.1) is 0 Å². The monoisotopic (exact) mass is 297 g/mol. The maximum Gasteiger partial charge on any atom is 0.0755 e. The minimum atomic E-state index is 0.608. The summed E-state index contributed by atoms with van der Waals surface area (Å²) in [6, 6.07) is 5.61. The molecule has 0 saturated carbocycles. The van der Waals surface area contributed by atoms with Crippen molar-refractivity contribution in [3.63, 3.8) is 0 Å². The number of rotatable bonds is 5. The van der Waals surface area contributed by atoms with Gasteiger partial charge in [-0.3, -0.25) is 4.98 Å². The molecule has 0 bridgehead atoms. The van der Waals surface area contributed by atoms with Crippen LogP contribution < -0.4 is 10.6 Å². The van der Waals surface area contributed by atoms with Crippen LogP contribution in [0.1, 0.15) is 12.1 Å². The highest BCUT2D eigenvalue weighted by atomic mass is 35.5. The Bertz CT molecular complexity index is 579. The number of fused-ring (bicyclic) bond motifs is 1. The smallest absolute Gasteiger partial charge is 0.0755 e. The zero-order valence-corrected chi connectivity index (χ0v) is 12.6. The predicted molar refractivity (Wildman–Crippen MR) is 83.5 cm³/mol. The van der Waals surface area contributed by atoms with Crippen LogP contribution in [-0.4, -0.2) is 25.1 Å². The quantitative estimate of drug-likeness (QED) is 0.823. The van der Waals surface area contributed by atoms with E-state index in [0.717, 1.165) is 41.8 Å². The Morgan fingerprint density at radius 2 is 1.95 bits per heavy atom. The maximum atomic E-state index is 6.28. The molecule has 0 saturated heterocycles. The molecule has 2 rings (SSSR count). The minimum Gasteiger partial charge on any atom is -0.384 e. The predicted octanol–water partition coefficient (Wildman–Crippen LogP) is 3.87. The van der Waals surface area contributed by atoms with Crippen LogP contribution in [0.3, 0.4) is 0 Å². The highest BCUT2D eigenvalue weighted by Gasteiger charge is 2.09. The van der Waals surface area contributed by atoms with E-state index >= 15 is 0 Å². The van der Waals surface area contributed by atoms with Gasteiger partial charge in [-0.05, 0) is 45.1 Å². The second kappa shape index (κ2) is 6.42. The van der Waals surface area contributed by atoms with Crippen LogP contribution in [0.2, 0.25) is 10.0 Å². The van der Waals surface area contributed by atoms with Gasteiger partial charge in [0, 0.05) is 28.3 Å². The summed E-state index contributed by atoms with van der Waals surface area (Å²) in [7, 11) is 1.95. The third-order valence-electron chi connectivity index (χ3n) is 2.87. The van der Waals surface area contributed by atoms with Crippen molar-refractivity contribution in [2.75, 3.05) is 25.5 Å². The molecule has 5 heteroatoms. The Labute approximate surface area is 123 Å². The number of anilines is 1. The van der Waals surface area contributed by atoms with Crippen LogP contribution in [0.5, 0.6) is 0 Å². The first-order valence-electron chi connectivity index (χ1n) is 6.26. The second-order valence-electron chi connectivity index (χ2n) is 4.48. The SMILES string of the molecule is CNCCCNc1cc(C)nc2cc(Cl)cc(Cl)c12. The van der Waals surface area contributed by atoms with Crippen molar-refractivity contribution in [2.24, 2.45) is 0 Å². The van der Waals surface area contributed by atoms with Crippen molar-refractivity contribution >= 4 is 39.8 Å². The first kappa shape index (κ1) is 14.4. The van der Waals surface area contributed by atoms with Crippen molar-refractivity contribution in [1.29, 1.82) is 0 Å². The van der Waals surface area contributed by atoms with Crippen LogP contribution >= 0.6 is 23.2 Å². The number of aromatic nitrogens is 1. The van der Waals surface area contributed by atoms with E-state index in [-0.39, 0.29) is 0 Å². The lowest BCUT2D eigenvalue weighted by molar-refractivity contribution is 0.748. The largest absolute Gasteiger partial charge is 0.384 e. The van der Waals surface area contributed by atoms with E-state index in [1.807, 2.05) is 26.1 Å². The fourth-order valence-corrected chi connectivity index (χ4v) is 2.63. The molecule has 0 spiro atoms. The lowest BCUT2D eigenvalue weighted by Crippen LogP contribution is -2.13. The molecule has 1 heterocycles. The highest BCUT2D eigenvalue weighted by molar-refractivity contribution is 6.39. The average Bonchev–Trinajstić information content (AvgIpc) is 2.33. The van der Waals surface area contributed by atoms with Gasteiger partial charge >= 0.3 is 0 Å². The molecular weight excluding hydrogens is 281 g/mol. The average molecular weight is 298 g/mol. The fourth-order valence-electron chi connectivity index (χ4n) is 2.05. The van der Waals surface area contributed by atoms with E-state index in [9.17, 15) is 0 Å². The van der Waals surface area contributed by atoms with Gasteiger partial charge in [0.2, 0.25) is 0 Å². The Morgan fingerprint density at radius 1 is 1.16 bits per heavy atom. The first-order valence-corrected chi connectivity index (χ1v) is 7.02. The molecule has 0 amide bonds. The van der Waals surface area contributed by atoms with E-state index in [2.05, 4.69) is 15.6 Å². The normalized spacial score (nSPS) is 10.9. The topological polar surface area (TPSA) is 37.0 Å². The van der Waals surface area contributed by atoms with Gasteiger partial charge in [-0.2, -0.15) is 0 Å². The van der Waals surface area contributed by atoms with Crippen LogP contribution in [-0.2, 0) is 0 Å². The summed E-state index contributed by atoms with van der Waals surface area (Å²) < 4.78 is 0. The molecular formula is C14H17Cl2N3. The Balaban J connectivity index is 2.36. The van der Waals surface area contributed by atoms with Gasteiger partial charge in [0.05, 0.1) is 10.5 Å². The molecule has 0 aliphatic carbocycles. The van der Waals surface area contributed by atoms with Crippen molar-refractivity contribution in [2.45, 2.75) is 13.3 Å². The number of hydrogen-bond acceptors (Lipinski definition) is 3. The standard InChI is InChI=1S/C14H17Cl2N3/c1-9-6-12(18-5-3-4-17-2)14-11(16)7-10(15)8-13(14)19-9/h6-8,17H,3-5H2,1-2H3,(H,18,19). The van der Waals surface area contributed by atoms with Crippen molar-refractivity contribution in [3.05, 3.63) is 33.9 Å². The van der Waals surface area contributed by atoms with Crippen LogP contribution in [0, 0.1) is 6.92 Å². The van der Waals surface area contributed by atoms with Gasteiger partial charge in [0.1, 0.15) is 0 Å². The molecule has 1 aromatic carbocycles. The molecule has 0 atom stereocenters. The third kappa shape index (κ3) is 3.50. The van der Waals surface area contributed by atoms with Crippen molar-refractivity contribution in [1.82, 2.24) is 10.3 Å². The van der Waals surface area contributed by atoms with E-state index in [0.29, 0.717) is 10.0 Å². The van der Waals surface area contributed by atoms with Gasteiger partial charge in [-0.25, -0.2) is 0 Å². The summed E-state index contributed by atoms with van der Waals surface area (Å²) in [6.45, 7) is 3.83. The van der Waals surface area contributed by atoms with Gasteiger partial charge < -0.3 is 10.6 Å². The zero-order chi connectivity index (χ0) is 13.8. The molecule has 102 valence electrons. The van der Waals surface area contributed by atoms with Gasteiger partial charge in [0.25, 0.3) is 0 Å². The number of nitrogens with one attached hydrogen (secondary N) is 2. The number of nitrogens with zero attached hydrogens (tertiary/aromatic N) is 1. The van der Waals surface area contributed by atoms with Gasteiger partial charge in [0.15, 0.2) is 0 Å². The Kier molecular flexibility index (Phi) is 4.86. The van der Waals surface area contributed by atoms with Gasteiger partial charge in [-0.1, -0.05) is 23.2 Å². The molecule has 0 fully saturated rings. The summed E-state index contributed by atoms with van der Waals surface area (Å²) in [6.07, 6.45) is 1.05. The molecule has 1 aromatic heterocycles. The Morgan fingerprint density at radius 3 is 2.68 bits per heavy atom. The van der Waals surface area contributed by atoms with E-state index in [1.54, 1.807) is 6.07 Å². The fraction of sp³-hybridized carbons (Fsp3) is 0.357. The lowest BCUT2D eigenvalue weighted by atomic mass is 10.1. The molecule has 0 aliphatic rings. The highest BCUT2D eigenvalue weighted by Crippen LogP contribution is 2.32. The third-order valence-corrected chi connectivity index (χ3v) is 3.39. The summed E-state index contributed by atoms with van der Waals surface area (Å²) >= 11 is 12.3. The summed E-state index contributed by atoms with van der Waals surface area (Å²) in [5.41, 5.74) is 2.79. The number of pyridine rings is 1. The summed E-state index contributed by atoms with van der Waals surface area (Å²) in [5, 5.41) is 8.71. The molecule has 0 aliphatic heterocycles. The molecule has 19 heavy (non-hydrogen) atoms. The number of halogens is 2. The van der Waals surface area contributed by atoms with E-state index in [1.165, 1.54) is 0 Å². The van der Waals surface area contributed by atoms with Crippen molar-refractivity contribution in [3.8, 4) is 0 Å². The molecule has 3 nitrogen and oxygen atoms in total. The molecule has 0 unspecified atom stereocenters. The number of aryl methyl sites for hydroxylation is 1. The number of hydrogen-bond donors (Lipinski definition) is 2. The first-order chi connectivity index (χ1) is 9.11. The van der Waals surface area contributed by atoms with Crippen LogP contribution in [0.4, 0.5) is 5.69 Å². The van der Waals surface area contributed by atoms with E-state index < -0.39 is 0 Å². The van der Waals surface area contributed by atoms with Crippen molar-refractivity contribution < 1.29 is 0 Å². The Hall–Kier alpha value is -1.03. The molecule has 2 aromatic rings. The van der Waals surface area contributed by atoms with E-state index in [4.69, 9.17) is 23.2 Å². The second-order valence-corrected chi connectivity index (χ2v) is 5.32. The summed E-state index contributed by atoms with van der Waals surface area (Å²) in [4.78, 5) is 4.48. The molecule has 0 radical (unpaired) electrons. The summed E-state index contributed by atoms with van der Waals surface area (Å²) in [5.74, 6) is 0.